The van der Waals surface area contributed by atoms with E-state index in [9.17, 15) is 14.9 Å². The Hall–Kier alpha value is -3.92. The third-order valence-corrected chi connectivity index (χ3v) is 4.97. The number of methoxy groups -OCH3 is 1. The normalized spacial score (nSPS) is 10.9. The molecule has 172 valence electrons. The Morgan fingerprint density at radius 2 is 1.97 bits per heavy atom. The minimum atomic E-state index is -0.513. The molecule has 0 bridgehead atoms. The molecule has 0 spiro atoms. The molecular weight excluding hydrogens is 450 g/mol. The molecule has 0 saturated heterocycles. The van der Waals surface area contributed by atoms with E-state index in [2.05, 4.69) is 15.6 Å². The molecule has 0 atom stereocenters. The van der Waals surface area contributed by atoms with Crippen LogP contribution in [0.5, 0.6) is 11.5 Å². The van der Waals surface area contributed by atoms with Gasteiger partial charge in [0.05, 0.1) is 18.2 Å². The van der Waals surface area contributed by atoms with Crippen LogP contribution in [-0.2, 0) is 17.9 Å². The molecule has 0 aliphatic carbocycles. The van der Waals surface area contributed by atoms with Crippen molar-refractivity contribution in [2.75, 3.05) is 7.11 Å². The zero-order valence-electron chi connectivity index (χ0n) is 18.2. The van der Waals surface area contributed by atoms with Gasteiger partial charge in [0.2, 0.25) is 0 Å². The van der Waals surface area contributed by atoms with Crippen molar-refractivity contribution in [1.82, 2.24) is 15.2 Å². The number of benzene rings is 2. The monoisotopic (exact) mass is 471 g/mol. The van der Waals surface area contributed by atoms with Crippen LogP contribution < -0.4 is 14.9 Å². The highest BCUT2D eigenvalue weighted by Crippen LogP contribution is 2.28. The molecule has 0 radical (unpaired) electrons. The van der Waals surface area contributed by atoms with Crippen LogP contribution in [0.1, 0.15) is 22.5 Å². The number of carbonyl (C=O) groups excluding carboxylic acids is 1. The maximum absolute atomic E-state index is 12.2. The van der Waals surface area contributed by atoms with E-state index in [0.717, 1.165) is 5.56 Å². The second-order valence-electron chi connectivity index (χ2n) is 7.05. The summed E-state index contributed by atoms with van der Waals surface area (Å²) in [5.74, 6) is 0.593. The quantitative estimate of drug-likeness (QED) is 0.288. The van der Waals surface area contributed by atoms with Gasteiger partial charge in [-0.15, -0.1) is 0 Å². The summed E-state index contributed by atoms with van der Waals surface area (Å²) in [5.41, 5.74) is 4.47. The molecule has 0 saturated carbocycles. The highest BCUT2D eigenvalue weighted by molar-refractivity contribution is 6.30. The minimum Gasteiger partial charge on any atom is -0.493 e. The number of nitrogens with zero attached hydrogens (tertiary/aromatic N) is 4. The van der Waals surface area contributed by atoms with Gasteiger partial charge in [0.25, 0.3) is 5.91 Å². The van der Waals surface area contributed by atoms with E-state index >= 15 is 0 Å². The first-order valence-corrected chi connectivity index (χ1v) is 10.2. The number of carbonyl (C=O) groups is 1. The first kappa shape index (κ1) is 23.7. The number of nitrogens with one attached hydrogen (secondary N) is 1. The van der Waals surface area contributed by atoms with Crippen LogP contribution in [-0.4, -0.2) is 33.9 Å². The summed E-state index contributed by atoms with van der Waals surface area (Å²) in [6.45, 7) is 3.21. The van der Waals surface area contributed by atoms with E-state index in [1.807, 2.05) is 12.1 Å². The van der Waals surface area contributed by atoms with E-state index in [4.69, 9.17) is 21.1 Å². The summed E-state index contributed by atoms with van der Waals surface area (Å²) in [4.78, 5) is 22.7. The SMILES string of the molecule is COc1cc(/C=N/NC(=O)Cn2nc(C)c([N+](=O)[O-])c2C)ccc1OCc1ccc(Cl)cc1. The first-order chi connectivity index (χ1) is 15.8. The number of aromatic nitrogens is 2. The van der Waals surface area contributed by atoms with Crippen molar-refractivity contribution in [2.24, 2.45) is 5.10 Å². The lowest BCUT2D eigenvalue weighted by Gasteiger charge is -2.11. The Labute approximate surface area is 194 Å². The number of rotatable bonds is 9. The summed E-state index contributed by atoms with van der Waals surface area (Å²) in [6.07, 6.45) is 1.45. The molecule has 0 aliphatic rings. The van der Waals surface area contributed by atoms with Crippen molar-refractivity contribution in [3.8, 4) is 11.5 Å². The third-order valence-electron chi connectivity index (χ3n) is 4.72. The Morgan fingerprint density at radius 3 is 2.61 bits per heavy atom. The van der Waals surface area contributed by atoms with Crippen LogP contribution in [0.4, 0.5) is 5.69 Å². The molecule has 1 amide bonds. The molecule has 0 fully saturated rings. The van der Waals surface area contributed by atoms with Crippen LogP contribution in [0.25, 0.3) is 0 Å². The fourth-order valence-corrected chi connectivity index (χ4v) is 3.21. The lowest BCUT2D eigenvalue weighted by molar-refractivity contribution is -0.386. The summed E-state index contributed by atoms with van der Waals surface area (Å²) in [6, 6.07) is 12.6. The average Bonchev–Trinajstić information content (AvgIpc) is 3.06. The summed E-state index contributed by atoms with van der Waals surface area (Å²) in [5, 5.41) is 19.7. The number of hydrogen-bond acceptors (Lipinski definition) is 7. The van der Waals surface area contributed by atoms with Gasteiger partial charge in [-0.1, -0.05) is 23.7 Å². The van der Waals surface area contributed by atoms with Crippen LogP contribution in [0.15, 0.2) is 47.6 Å². The molecule has 33 heavy (non-hydrogen) atoms. The lowest BCUT2D eigenvalue weighted by atomic mass is 10.2. The fraction of sp³-hybridized carbons (Fsp3) is 0.227. The standard InChI is InChI=1S/C22H22ClN5O5/c1-14-22(28(30)31)15(2)27(26-14)12-21(29)25-24-11-17-6-9-19(20(10-17)32-3)33-13-16-4-7-18(23)8-5-16/h4-11H,12-13H2,1-3H3,(H,25,29)/b24-11+. The summed E-state index contributed by atoms with van der Waals surface area (Å²) in [7, 11) is 1.53. The van der Waals surface area contributed by atoms with Gasteiger partial charge in [0.1, 0.15) is 24.5 Å². The zero-order valence-corrected chi connectivity index (χ0v) is 19.0. The molecule has 1 N–H and O–H groups in total. The molecule has 0 unspecified atom stereocenters. The molecule has 1 heterocycles. The number of hydrogen-bond donors (Lipinski definition) is 1. The Bertz CT molecular complexity index is 1190. The van der Waals surface area contributed by atoms with Gasteiger partial charge in [0, 0.05) is 5.02 Å². The van der Waals surface area contributed by atoms with Crippen LogP contribution in [0.2, 0.25) is 5.02 Å². The van der Waals surface area contributed by atoms with E-state index in [-0.39, 0.29) is 17.9 Å². The summed E-state index contributed by atoms with van der Waals surface area (Å²) < 4.78 is 12.5. The molecule has 1 aromatic heterocycles. The molecule has 3 aromatic rings. The van der Waals surface area contributed by atoms with Gasteiger partial charge in [-0.2, -0.15) is 10.2 Å². The molecule has 2 aromatic carbocycles. The number of aryl methyl sites for hydroxylation is 1. The largest absolute Gasteiger partial charge is 0.493 e. The van der Waals surface area contributed by atoms with Gasteiger partial charge >= 0.3 is 5.69 Å². The van der Waals surface area contributed by atoms with Gasteiger partial charge in [-0.05, 0) is 55.3 Å². The summed E-state index contributed by atoms with van der Waals surface area (Å²) >= 11 is 5.89. The van der Waals surface area contributed by atoms with Crippen molar-refractivity contribution in [3.63, 3.8) is 0 Å². The molecule has 10 nitrogen and oxygen atoms in total. The predicted octanol–water partition coefficient (Wildman–Crippen LogP) is 3.80. The molecular formula is C22H22ClN5O5. The molecule has 11 heteroatoms. The number of halogens is 1. The fourth-order valence-electron chi connectivity index (χ4n) is 3.08. The second-order valence-corrected chi connectivity index (χ2v) is 7.49. The highest BCUT2D eigenvalue weighted by atomic mass is 35.5. The van der Waals surface area contributed by atoms with Crippen molar-refractivity contribution >= 4 is 29.4 Å². The van der Waals surface area contributed by atoms with Crippen molar-refractivity contribution in [3.05, 3.63) is 80.1 Å². The van der Waals surface area contributed by atoms with Crippen LogP contribution in [0.3, 0.4) is 0 Å². The van der Waals surface area contributed by atoms with Crippen molar-refractivity contribution in [1.29, 1.82) is 0 Å². The van der Waals surface area contributed by atoms with Gasteiger partial charge in [0.15, 0.2) is 11.5 Å². The van der Waals surface area contributed by atoms with Crippen LogP contribution >= 0.6 is 11.6 Å². The maximum atomic E-state index is 12.2. The number of ether oxygens (including phenoxy) is 2. The smallest absolute Gasteiger partial charge is 0.312 e. The highest BCUT2D eigenvalue weighted by Gasteiger charge is 2.22. The molecule has 0 aliphatic heterocycles. The van der Waals surface area contributed by atoms with Gasteiger partial charge in [-0.3, -0.25) is 19.6 Å². The first-order valence-electron chi connectivity index (χ1n) is 9.84. The van der Waals surface area contributed by atoms with Crippen molar-refractivity contribution < 1.29 is 19.2 Å². The Morgan fingerprint density at radius 1 is 1.24 bits per heavy atom. The number of nitro groups is 1. The number of amides is 1. The number of hydrazone groups is 1. The van der Waals surface area contributed by atoms with Crippen LogP contribution in [0, 0.1) is 24.0 Å². The average molecular weight is 472 g/mol. The zero-order chi connectivity index (χ0) is 24.0. The Balaban J connectivity index is 1.59. The second kappa shape index (κ2) is 10.6. The molecule has 3 rings (SSSR count). The topological polar surface area (TPSA) is 121 Å². The van der Waals surface area contributed by atoms with Crippen molar-refractivity contribution in [2.45, 2.75) is 27.0 Å². The maximum Gasteiger partial charge on any atom is 0.312 e. The third kappa shape index (κ3) is 6.07. The van der Waals surface area contributed by atoms with Gasteiger partial charge < -0.3 is 9.47 Å². The van der Waals surface area contributed by atoms with E-state index in [1.54, 1.807) is 30.3 Å². The predicted molar refractivity (Wildman–Crippen MR) is 123 cm³/mol. The minimum absolute atomic E-state index is 0.100. The van der Waals surface area contributed by atoms with Gasteiger partial charge in [-0.25, -0.2) is 5.43 Å². The van der Waals surface area contributed by atoms with E-state index in [0.29, 0.717) is 34.4 Å². The van der Waals surface area contributed by atoms with E-state index in [1.165, 1.54) is 31.9 Å². The Kier molecular flexibility index (Phi) is 7.62. The van der Waals surface area contributed by atoms with E-state index < -0.39 is 10.8 Å². The lowest BCUT2D eigenvalue weighted by Crippen LogP contribution is -2.24.